The highest BCUT2D eigenvalue weighted by Crippen LogP contribution is 2.27. The fourth-order valence-electron chi connectivity index (χ4n) is 4.22. The molecular formula is C21H25F2N3O2. The number of hydrogen-bond donors (Lipinski definition) is 0. The Morgan fingerprint density at radius 3 is 2.71 bits per heavy atom. The number of amides is 1. The molecule has 0 N–H and O–H groups in total. The lowest BCUT2D eigenvalue weighted by Crippen LogP contribution is -2.54. The molecule has 2 aliphatic rings. The van der Waals surface area contributed by atoms with Crippen molar-refractivity contribution in [1.82, 2.24) is 14.8 Å². The molecule has 1 aromatic carbocycles. The molecule has 1 amide bonds. The van der Waals surface area contributed by atoms with Crippen LogP contribution in [0.25, 0.3) is 11.5 Å². The molecule has 2 heterocycles. The lowest BCUT2D eigenvalue weighted by Gasteiger charge is -2.40. The van der Waals surface area contributed by atoms with Crippen molar-refractivity contribution in [1.29, 1.82) is 0 Å². The molecule has 1 saturated heterocycles. The van der Waals surface area contributed by atoms with Crippen LogP contribution in [-0.4, -0.2) is 46.4 Å². The minimum atomic E-state index is -0.966. The Hall–Kier alpha value is -2.28. The Balaban J connectivity index is 1.43. The standard InChI is InChI=1S/C21H25F2N3O2/c1-14-18(24-21(28-14)16-8-5-9-17(22)20(16)23)12-25-10-11-26(19(27)13-25)15-6-3-2-4-7-15/h5,8-9,15H,2-4,6-7,10-13H2,1H3. The molecule has 1 aliphatic heterocycles. The van der Waals surface area contributed by atoms with Crippen molar-refractivity contribution < 1.29 is 18.0 Å². The highest BCUT2D eigenvalue weighted by atomic mass is 19.2. The van der Waals surface area contributed by atoms with Gasteiger partial charge in [-0.1, -0.05) is 25.3 Å². The summed E-state index contributed by atoms with van der Waals surface area (Å²) in [5.74, 6) is -1.11. The van der Waals surface area contributed by atoms with Crippen LogP contribution in [0.4, 0.5) is 8.78 Å². The van der Waals surface area contributed by atoms with Crippen LogP contribution in [0.3, 0.4) is 0 Å². The molecule has 0 unspecified atom stereocenters. The van der Waals surface area contributed by atoms with E-state index in [1.807, 2.05) is 9.80 Å². The van der Waals surface area contributed by atoms with Gasteiger partial charge in [0.1, 0.15) is 5.76 Å². The van der Waals surface area contributed by atoms with Crippen LogP contribution < -0.4 is 0 Å². The molecule has 0 spiro atoms. The fourth-order valence-corrected chi connectivity index (χ4v) is 4.22. The Bertz CT molecular complexity index is 861. The van der Waals surface area contributed by atoms with Gasteiger partial charge in [0.25, 0.3) is 0 Å². The molecule has 5 nitrogen and oxygen atoms in total. The molecule has 2 fully saturated rings. The van der Waals surface area contributed by atoms with E-state index in [4.69, 9.17) is 4.42 Å². The van der Waals surface area contributed by atoms with Crippen LogP contribution in [0.15, 0.2) is 22.6 Å². The third kappa shape index (κ3) is 3.81. The number of aromatic nitrogens is 1. The lowest BCUT2D eigenvalue weighted by atomic mass is 9.93. The molecule has 1 aliphatic carbocycles. The summed E-state index contributed by atoms with van der Waals surface area (Å²) in [7, 11) is 0. The monoisotopic (exact) mass is 389 g/mol. The number of hydrogen-bond acceptors (Lipinski definition) is 4. The van der Waals surface area contributed by atoms with Gasteiger partial charge in [-0.25, -0.2) is 13.8 Å². The van der Waals surface area contributed by atoms with Crippen LogP contribution in [0.2, 0.25) is 0 Å². The van der Waals surface area contributed by atoms with Gasteiger partial charge in [0.05, 0.1) is 17.8 Å². The molecule has 1 saturated carbocycles. The smallest absolute Gasteiger partial charge is 0.237 e. The third-order valence-corrected chi connectivity index (χ3v) is 5.80. The second-order valence-electron chi connectivity index (χ2n) is 7.71. The molecule has 150 valence electrons. The van der Waals surface area contributed by atoms with Crippen molar-refractivity contribution >= 4 is 5.91 Å². The molecule has 1 aromatic heterocycles. The van der Waals surface area contributed by atoms with E-state index >= 15 is 0 Å². The second kappa shape index (κ2) is 7.99. The van der Waals surface area contributed by atoms with Crippen LogP contribution in [0, 0.1) is 18.6 Å². The highest BCUT2D eigenvalue weighted by Gasteiger charge is 2.31. The molecule has 0 atom stereocenters. The van der Waals surface area contributed by atoms with Gasteiger partial charge in [-0.05, 0) is 31.9 Å². The van der Waals surface area contributed by atoms with Crippen molar-refractivity contribution in [2.75, 3.05) is 19.6 Å². The summed E-state index contributed by atoms with van der Waals surface area (Å²) in [6, 6.07) is 4.32. The average Bonchev–Trinajstić information content (AvgIpc) is 3.05. The van der Waals surface area contributed by atoms with Gasteiger partial charge in [-0.3, -0.25) is 9.69 Å². The third-order valence-electron chi connectivity index (χ3n) is 5.80. The van der Waals surface area contributed by atoms with Gasteiger partial charge in [-0.2, -0.15) is 0 Å². The topological polar surface area (TPSA) is 49.6 Å². The number of piperazine rings is 1. The summed E-state index contributed by atoms with van der Waals surface area (Å²) in [4.78, 5) is 21.1. The Kier molecular flexibility index (Phi) is 5.44. The SMILES string of the molecule is Cc1oc(-c2cccc(F)c2F)nc1CN1CCN(C2CCCCC2)C(=O)C1. The largest absolute Gasteiger partial charge is 0.441 e. The maximum absolute atomic E-state index is 14.0. The van der Waals surface area contributed by atoms with Gasteiger partial charge < -0.3 is 9.32 Å². The van der Waals surface area contributed by atoms with E-state index in [0.717, 1.165) is 32.0 Å². The summed E-state index contributed by atoms with van der Waals surface area (Å²) >= 11 is 0. The van der Waals surface area contributed by atoms with Gasteiger partial charge in [-0.15, -0.1) is 0 Å². The zero-order valence-electron chi connectivity index (χ0n) is 16.1. The minimum Gasteiger partial charge on any atom is -0.441 e. The van der Waals surface area contributed by atoms with E-state index in [2.05, 4.69) is 4.98 Å². The van der Waals surface area contributed by atoms with Crippen molar-refractivity contribution in [3.8, 4) is 11.5 Å². The van der Waals surface area contributed by atoms with Gasteiger partial charge >= 0.3 is 0 Å². The minimum absolute atomic E-state index is 0.00699. The first kappa shape index (κ1) is 19.1. The summed E-state index contributed by atoms with van der Waals surface area (Å²) < 4.78 is 33.1. The number of nitrogens with zero attached hydrogens (tertiary/aromatic N) is 3. The summed E-state index contributed by atoms with van der Waals surface area (Å²) in [6.07, 6.45) is 5.89. The number of rotatable bonds is 4. The van der Waals surface area contributed by atoms with Crippen molar-refractivity contribution in [3.05, 3.63) is 41.3 Å². The molecule has 4 rings (SSSR count). The Morgan fingerprint density at radius 2 is 1.96 bits per heavy atom. The zero-order valence-corrected chi connectivity index (χ0v) is 16.1. The quantitative estimate of drug-likeness (QED) is 0.796. The second-order valence-corrected chi connectivity index (χ2v) is 7.71. The number of halogens is 2. The van der Waals surface area contributed by atoms with Gasteiger partial charge in [0, 0.05) is 25.7 Å². The number of aryl methyl sites for hydroxylation is 1. The number of carbonyl (C=O) groups is 1. The molecule has 28 heavy (non-hydrogen) atoms. The van der Waals surface area contributed by atoms with Crippen LogP contribution in [0.1, 0.15) is 43.6 Å². The first-order valence-electron chi connectivity index (χ1n) is 9.95. The zero-order chi connectivity index (χ0) is 19.7. The van der Waals surface area contributed by atoms with E-state index in [-0.39, 0.29) is 17.4 Å². The van der Waals surface area contributed by atoms with Gasteiger partial charge in [0.15, 0.2) is 11.6 Å². The van der Waals surface area contributed by atoms with E-state index in [0.29, 0.717) is 30.6 Å². The van der Waals surface area contributed by atoms with Crippen LogP contribution >= 0.6 is 0 Å². The normalized spacial score (nSPS) is 19.4. The average molecular weight is 389 g/mol. The maximum atomic E-state index is 14.0. The first-order valence-corrected chi connectivity index (χ1v) is 9.95. The van der Waals surface area contributed by atoms with E-state index in [9.17, 15) is 13.6 Å². The number of benzene rings is 1. The van der Waals surface area contributed by atoms with Gasteiger partial charge in [0.2, 0.25) is 11.8 Å². The molecule has 2 aromatic rings. The number of oxazole rings is 1. The number of carbonyl (C=O) groups excluding carboxylic acids is 1. The van der Waals surface area contributed by atoms with Crippen LogP contribution in [0.5, 0.6) is 0 Å². The van der Waals surface area contributed by atoms with E-state index < -0.39 is 11.6 Å². The van der Waals surface area contributed by atoms with Crippen molar-refractivity contribution in [2.45, 2.75) is 51.6 Å². The first-order chi connectivity index (χ1) is 13.5. The van der Waals surface area contributed by atoms with Crippen LogP contribution in [-0.2, 0) is 11.3 Å². The van der Waals surface area contributed by atoms with E-state index in [1.165, 1.54) is 31.4 Å². The summed E-state index contributed by atoms with van der Waals surface area (Å²) in [5.41, 5.74) is 0.658. The lowest BCUT2D eigenvalue weighted by molar-refractivity contribution is -0.139. The Morgan fingerprint density at radius 1 is 1.18 bits per heavy atom. The fraction of sp³-hybridized carbons (Fsp3) is 0.524. The molecule has 7 heteroatoms. The predicted molar refractivity (Wildman–Crippen MR) is 100 cm³/mol. The maximum Gasteiger partial charge on any atom is 0.237 e. The molecular weight excluding hydrogens is 364 g/mol. The molecule has 0 bridgehead atoms. The van der Waals surface area contributed by atoms with Crippen molar-refractivity contribution in [3.63, 3.8) is 0 Å². The molecule has 0 radical (unpaired) electrons. The predicted octanol–water partition coefficient (Wildman–Crippen LogP) is 3.91. The Labute approximate surface area is 163 Å². The summed E-state index contributed by atoms with van der Waals surface area (Å²) in [6.45, 7) is 4.07. The van der Waals surface area contributed by atoms with E-state index in [1.54, 1.807) is 6.92 Å². The highest BCUT2D eigenvalue weighted by molar-refractivity contribution is 5.79. The van der Waals surface area contributed by atoms with Crippen molar-refractivity contribution in [2.24, 2.45) is 0 Å². The summed E-state index contributed by atoms with van der Waals surface area (Å²) in [5, 5.41) is 0.